The molecule has 0 saturated heterocycles. The molecule has 0 aliphatic rings. The van der Waals surface area contributed by atoms with Gasteiger partial charge in [-0.25, -0.2) is 0 Å². The molecule has 20 heavy (non-hydrogen) atoms. The molecule has 1 aromatic rings. The van der Waals surface area contributed by atoms with E-state index in [1.165, 1.54) is 5.69 Å². The minimum atomic E-state index is -0.396. The minimum Gasteiger partial charge on any atom is -0.460 e. The van der Waals surface area contributed by atoms with Crippen molar-refractivity contribution in [3.05, 3.63) is 17.5 Å². The summed E-state index contributed by atoms with van der Waals surface area (Å²) < 4.78 is 7.26. The SMILES string of the molecule is Cc1cc(C)n(CCCNCCC(=O)OC(C)(C)C)n1. The van der Waals surface area contributed by atoms with Gasteiger partial charge in [-0.2, -0.15) is 5.10 Å². The summed E-state index contributed by atoms with van der Waals surface area (Å²) in [7, 11) is 0. The fourth-order valence-corrected chi connectivity index (χ4v) is 1.96. The minimum absolute atomic E-state index is 0.149. The van der Waals surface area contributed by atoms with Gasteiger partial charge in [-0.3, -0.25) is 9.48 Å². The molecular weight excluding hydrogens is 254 g/mol. The van der Waals surface area contributed by atoms with Crippen molar-refractivity contribution in [2.24, 2.45) is 0 Å². The number of carbonyl (C=O) groups is 1. The highest BCUT2D eigenvalue weighted by Crippen LogP contribution is 2.07. The molecule has 1 rings (SSSR count). The van der Waals surface area contributed by atoms with Gasteiger partial charge in [0.1, 0.15) is 5.60 Å². The van der Waals surface area contributed by atoms with E-state index in [0.717, 1.165) is 25.2 Å². The lowest BCUT2D eigenvalue weighted by Crippen LogP contribution is -2.27. The Morgan fingerprint density at radius 1 is 1.35 bits per heavy atom. The summed E-state index contributed by atoms with van der Waals surface area (Å²) in [6.45, 7) is 12.1. The van der Waals surface area contributed by atoms with E-state index in [1.807, 2.05) is 32.4 Å². The third kappa shape index (κ3) is 6.70. The summed E-state index contributed by atoms with van der Waals surface area (Å²) >= 11 is 0. The second-order valence-electron chi connectivity index (χ2n) is 6.09. The first-order chi connectivity index (χ1) is 9.28. The molecule has 0 aliphatic carbocycles. The molecule has 0 fully saturated rings. The molecule has 0 radical (unpaired) electrons. The van der Waals surface area contributed by atoms with Gasteiger partial charge in [-0.1, -0.05) is 0 Å². The van der Waals surface area contributed by atoms with Crippen LogP contribution in [0, 0.1) is 13.8 Å². The van der Waals surface area contributed by atoms with Crippen LogP contribution >= 0.6 is 0 Å². The summed E-state index contributed by atoms with van der Waals surface area (Å²) in [5, 5.41) is 7.67. The number of aryl methyl sites for hydroxylation is 3. The summed E-state index contributed by atoms with van der Waals surface area (Å²) in [6, 6.07) is 2.08. The van der Waals surface area contributed by atoms with Gasteiger partial charge in [0.2, 0.25) is 0 Å². The van der Waals surface area contributed by atoms with E-state index in [9.17, 15) is 4.79 Å². The van der Waals surface area contributed by atoms with E-state index in [-0.39, 0.29) is 5.97 Å². The normalized spacial score (nSPS) is 11.7. The van der Waals surface area contributed by atoms with E-state index >= 15 is 0 Å². The number of aromatic nitrogens is 2. The van der Waals surface area contributed by atoms with Crippen LogP contribution in [-0.2, 0) is 16.1 Å². The summed E-state index contributed by atoms with van der Waals surface area (Å²) in [5.74, 6) is -0.149. The van der Waals surface area contributed by atoms with Gasteiger partial charge in [0.15, 0.2) is 0 Å². The molecule has 0 spiro atoms. The molecule has 114 valence electrons. The molecule has 0 amide bonds. The maximum Gasteiger partial charge on any atom is 0.307 e. The largest absolute Gasteiger partial charge is 0.460 e. The third-order valence-corrected chi connectivity index (χ3v) is 2.75. The lowest BCUT2D eigenvalue weighted by Gasteiger charge is -2.19. The number of hydrogen-bond donors (Lipinski definition) is 1. The van der Waals surface area contributed by atoms with Crippen LogP contribution in [0.5, 0.6) is 0 Å². The van der Waals surface area contributed by atoms with Crippen molar-refractivity contribution in [3.8, 4) is 0 Å². The van der Waals surface area contributed by atoms with Crippen molar-refractivity contribution < 1.29 is 9.53 Å². The lowest BCUT2D eigenvalue weighted by atomic mass is 10.2. The first kappa shape index (κ1) is 16.7. The molecule has 5 nitrogen and oxygen atoms in total. The highest BCUT2D eigenvalue weighted by molar-refractivity contribution is 5.70. The molecule has 0 aliphatic heterocycles. The average Bonchev–Trinajstić information content (AvgIpc) is 2.60. The molecule has 0 aromatic carbocycles. The standard InChI is InChI=1S/C15H27N3O2/c1-12-11-13(2)18(17-12)10-6-8-16-9-7-14(19)20-15(3,4)5/h11,16H,6-10H2,1-5H3. The highest BCUT2D eigenvalue weighted by Gasteiger charge is 2.15. The van der Waals surface area contributed by atoms with Gasteiger partial charge in [-0.15, -0.1) is 0 Å². The Balaban J connectivity index is 2.08. The first-order valence-electron chi connectivity index (χ1n) is 7.21. The van der Waals surface area contributed by atoms with Gasteiger partial charge >= 0.3 is 5.97 Å². The Labute approximate surface area is 121 Å². The molecule has 0 unspecified atom stereocenters. The average molecular weight is 281 g/mol. The Morgan fingerprint density at radius 2 is 2.05 bits per heavy atom. The van der Waals surface area contributed by atoms with Crippen molar-refractivity contribution >= 4 is 5.97 Å². The van der Waals surface area contributed by atoms with Crippen LogP contribution in [-0.4, -0.2) is 34.4 Å². The van der Waals surface area contributed by atoms with E-state index in [1.54, 1.807) is 0 Å². The number of rotatable bonds is 7. The molecule has 5 heteroatoms. The number of carbonyl (C=O) groups excluding carboxylic acids is 1. The number of hydrogen-bond acceptors (Lipinski definition) is 4. The fraction of sp³-hybridized carbons (Fsp3) is 0.733. The third-order valence-electron chi connectivity index (χ3n) is 2.75. The van der Waals surface area contributed by atoms with Crippen molar-refractivity contribution in [2.75, 3.05) is 13.1 Å². The molecule has 1 heterocycles. The van der Waals surface area contributed by atoms with Crippen molar-refractivity contribution in [3.63, 3.8) is 0 Å². The van der Waals surface area contributed by atoms with E-state index < -0.39 is 5.60 Å². The van der Waals surface area contributed by atoms with Gasteiger partial charge < -0.3 is 10.1 Å². The maximum absolute atomic E-state index is 11.5. The zero-order valence-corrected chi connectivity index (χ0v) is 13.3. The van der Waals surface area contributed by atoms with Gasteiger partial charge in [0.05, 0.1) is 12.1 Å². The van der Waals surface area contributed by atoms with Crippen LogP contribution in [0.4, 0.5) is 0 Å². The fourth-order valence-electron chi connectivity index (χ4n) is 1.96. The van der Waals surface area contributed by atoms with Gasteiger partial charge in [0.25, 0.3) is 0 Å². The van der Waals surface area contributed by atoms with E-state index in [0.29, 0.717) is 13.0 Å². The molecule has 0 saturated carbocycles. The Kier molecular flexibility index (Phi) is 6.20. The number of esters is 1. The molecule has 0 bridgehead atoms. The number of nitrogens with one attached hydrogen (secondary N) is 1. The van der Waals surface area contributed by atoms with E-state index in [4.69, 9.17) is 4.74 Å². The van der Waals surface area contributed by atoms with Crippen LogP contribution in [0.15, 0.2) is 6.07 Å². The van der Waals surface area contributed by atoms with Crippen LogP contribution in [0.1, 0.15) is 45.0 Å². The monoisotopic (exact) mass is 281 g/mol. The van der Waals surface area contributed by atoms with Crippen molar-refractivity contribution in [2.45, 2.75) is 59.6 Å². The molecule has 0 atom stereocenters. The van der Waals surface area contributed by atoms with E-state index in [2.05, 4.69) is 23.4 Å². The maximum atomic E-state index is 11.5. The number of nitrogens with zero attached hydrogens (tertiary/aromatic N) is 2. The topological polar surface area (TPSA) is 56.2 Å². The van der Waals surface area contributed by atoms with Crippen LogP contribution in [0.2, 0.25) is 0 Å². The molecule has 1 N–H and O–H groups in total. The van der Waals surface area contributed by atoms with Crippen LogP contribution in [0.25, 0.3) is 0 Å². The Morgan fingerprint density at radius 3 is 2.60 bits per heavy atom. The predicted molar refractivity (Wildman–Crippen MR) is 79.6 cm³/mol. The smallest absolute Gasteiger partial charge is 0.307 e. The summed E-state index contributed by atoms with van der Waals surface area (Å²) in [5.41, 5.74) is 1.85. The molecular formula is C15H27N3O2. The zero-order chi connectivity index (χ0) is 15.2. The molecule has 1 aromatic heterocycles. The Hall–Kier alpha value is -1.36. The first-order valence-corrected chi connectivity index (χ1v) is 7.21. The lowest BCUT2D eigenvalue weighted by molar-refractivity contribution is -0.154. The Bertz CT molecular complexity index is 433. The number of ether oxygens (including phenoxy) is 1. The van der Waals surface area contributed by atoms with Gasteiger partial charge in [-0.05, 0) is 53.7 Å². The quantitative estimate of drug-likeness (QED) is 0.615. The van der Waals surface area contributed by atoms with Crippen molar-refractivity contribution in [1.82, 2.24) is 15.1 Å². The predicted octanol–water partition coefficient (Wildman–Crippen LogP) is 2.21. The second kappa shape index (κ2) is 7.43. The van der Waals surface area contributed by atoms with Crippen molar-refractivity contribution in [1.29, 1.82) is 0 Å². The van der Waals surface area contributed by atoms with Gasteiger partial charge in [0, 0.05) is 18.8 Å². The summed E-state index contributed by atoms with van der Waals surface area (Å²) in [4.78, 5) is 11.5. The second-order valence-corrected chi connectivity index (χ2v) is 6.09. The summed E-state index contributed by atoms with van der Waals surface area (Å²) in [6.07, 6.45) is 1.41. The zero-order valence-electron chi connectivity index (χ0n) is 13.3. The van der Waals surface area contributed by atoms with Crippen LogP contribution < -0.4 is 5.32 Å². The highest BCUT2D eigenvalue weighted by atomic mass is 16.6. The van der Waals surface area contributed by atoms with Crippen LogP contribution in [0.3, 0.4) is 0 Å².